The lowest BCUT2D eigenvalue weighted by atomic mass is 10.1. The molecule has 0 aliphatic heterocycles. The molecular formula is C26H25N3O6. The van der Waals surface area contributed by atoms with Gasteiger partial charge in [-0.05, 0) is 60.0 Å². The molecule has 0 aliphatic rings. The standard InChI is InChI=1S/C26H25N3O6/c1-4-18-8-5-6-11-21(18)28-24(30)25(31)29-27-16-17-12-13-22(23(14-17)34-3)35-26(32)19-9-7-10-20(15-19)33-2/h5-16H,4H2,1-3H3,(H,28,30)(H,29,31). The Morgan fingerprint density at radius 1 is 0.886 bits per heavy atom. The van der Waals surface area contributed by atoms with Crippen LogP contribution >= 0.6 is 0 Å². The van der Waals surface area contributed by atoms with Crippen molar-refractivity contribution in [1.29, 1.82) is 0 Å². The van der Waals surface area contributed by atoms with Gasteiger partial charge in [0, 0.05) is 5.69 Å². The van der Waals surface area contributed by atoms with Crippen LogP contribution in [0.5, 0.6) is 17.2 Å². The van der Waals surface area contributed by atoms with Gasteiger partial charge in [0.15, 0.2) is 11.5 Å². The molecule has 3 aromatic rings. The minimum absolute atomic E-state index is 0.204. The molecule has 0 aromatic heterocycles. The molecule has 0 saturated carbocycles. The van der Waals surface area contributed by atoms with E-state index in [0.717, 1.165) is 5.56 Å². The van der Waals surface area contributed by atoms with Crippen LogP contribution in [0.4, 0.5) is 5.69 Å². The number of hydrogen-bond donors (Lipinski definition) is 2. The molecule has 0 aliphatic carbocycles. The highest BCUT2D eigenvalue weighted by atomic mass is 16.6. The summed E-state index contributed by atoms with van der Waals surface area (Å²) in [5.41, 5.74) is 4.53. The van der Waals surface area contributed by atoms with Gasteiger partial charge in [-0.2, -0.15) is 5.10 Å². The summed E-state index contributed by atoms with van der Waals surface area (Å²) >= 11 is 0. The molecule has 180 valence electrons. The van der Waals surface area contributed by atoms with Crippen LogP contribution in [0, 0.1) is 0 Å². The quantitative estimate of drug-likeness (QED) is 0.169. The molecule has 0 fully saturated rings. The van der Waals surface area contributed by atoms with Gasteiger partial charge in [-0.3, -0.25) is 9.59 Å². The zero-order valence-corrected chi connectivity index (χ0v) is 19.5. The van der Waals surface area contributed by atoms with E-state index >= 15 is 0 Å². The molecule has 0 unspecified atom stereocenters. The van der Waals surface area contributed by atoms with Crippen molar-refractivity contribution < 1.29 is 28.6 Å². The normalized spacial score (nSPS) is 10.5. The van der Waals surface area contributed by atoms with Crippen LogP contribution in [-0.4, -0.2) is 38.2 Å². The number of rotatable bonds is 8. The summed E-state index contributed by atoms with van der Waals surface area (Å²) in [5, 5.41) is 6.39. The number of nitrogens with zero attached hydrogens (tertiary/aromatic N) is 1. The van der Waals surface area contributed by atoms with E-state index < -0.39 is 17.8 Å². The maximum Gasteiger partial charge on any atom is 0.343 e. The van der Waals surface area contributed by atoms with Crippen molar-refractivity contribution in [3.05, 3.63) is 83.4 Å². The summed E-state index contributed by atoms with van der Waals surface area (Å²) in [5.74, 6) is -1.31. The number of benzene rings is 3. The van der Waals surface area contributed by atoms with Crippen molar-refractivity contribution in [2.45, 2.75) is 13.3 Å². The number of esters is 1. The van der Waals surface area contributed by atoms with Crippen molar-refractivity contribution in [3.8, 4) is 17.2 Å². The van der Waals surface area contributed by atoms with E-state index in [9.17, 15) is 14.4 Å². The molecule has 2 N–H and O–H groups in total. The monoisotopic (exact) mass is 475 g/mol. The van der Waals surface area contributed by atoms with Crippen molar-refractivity contribution in [2.24, 2.45) is 5.10 Å². The Hall–Kier alpha value is -4.66. The molecule has 3 aromatic carbocycles. The molecule has 9 heteroatoms. The minimum atomic E-state index is -0.914. The molecule has 0 bridgehead atoms. The van der Waals surface area contributed by atoms with Crippen LogP contribution in [0.25, 0.3) is 0 Å². The Balaban J connectivity index is 1.62. The predicted molar refractivity (Wildman–Crippen MR) is 131 cm³/mol. The fraction of sp³-hybridized carbons (Fsp3) is 0.154. The zero-order chi connectivity index (χ0) is 25.2. The van der Waals surface area contributed by atoms with Gasteiger partial charge in [0.25, 0.3) is 0 Å². The molecule has 2 amide bonds. The second kappa shape index (κ2) is 12.0. The van der Waals surface area contributed by atoms with E-state index in [1.54, 1.807) is 48.5 Å². The highest BCUT2D eigenvalue weighted by Gasteiger charge is 2.15. The highest BCUT2D eigenvalue weighted by Crippen LogP contribution is 2.28. The Labute approximate surface area is 202 Å². The number of hydrazone groups is 1. The second-order valence-corrected chi connectivity index (χ2v) is 7.20. The summed E-state index contributed by atoms with van der Waals surface area (Å²) in [4.78, 5) is 36.7. The third-order valence-corrected chi connectivity index (χ3v) is 4.93. The first-order valence-electron chi connectivity index (χ1n) is 10.7. The average Bonchev–Trinajstić information content (AvgIpc) is 2.89. The Morgan fingerprint density at radius 3 is 2.43 bits per heavy atom. The van der Waals surface area contributed by atoms with Crippen molar-refractivity contribution in [2.75, 3.05) is 19.5 Å². The van der Waals surface area contributed by atoms with Crippen LogP contribution in [0.3, 0.4) is 0 Å². The van der Waals surface area contributed by atoms with Gasteiger partial charge in [0.1, 0.15) is 5.75 Å². The first-order chi connectivity index (χ1) is 16.9. The first kappa shape index (κ1) is 25.0. The van der Waals surface area contributed by atoms with Gasteiger partial charge in [-0.15, -0.1) is 0 Å². The number of amides is 2. The number of anilines is 1. The summed E-state index contributed by atoms with van der Waals surface area (Å²) in [6.45, 7) is 1.95. The summed E-state index contributed by atoms with van der Waals surface area (Å²) in [7, 11) is 2.94. The Bertz CT molecular complexity index is 1260. The topological polar surface area (TPSA) is 115 Å². The van der Waals surface area contributed by atoms with Gasteiger partial charge >= 0.3 is 17.8 Å². The minimum Gasteiger partial charge on any atom is -0.497 e. The number of para-hydroxylation sites is 1. The molecule has 3 rings (SSSR count). The zero-order valence-electron chi connectivity index (χ0n) is 19.5. The maximum absolute atomic E-state index is 12.5. The van der Waals surface area contributed by atoms with E-state index in [-0.39, 0.29) is 11.5 Å². The van der Waals surface area contributed by atoms with E-state index in [4.69, 9.17) is 14.2 Å². The number of nitrogens with one attached hydrogen (secondary N) is 2. The van der Waals surface area contributed by atoms with E-state index in [0.29, 0.717) is 29.0 Å². The lowest BCUT2D eigenvalue weighted by molar-refractivity contribution is -0.136. The molecule has 0 saturated heterocycles. The number of carbonyl (C=O) groups is 3. The second-order valence-electron chi connectivity index (χ2n) is 7.20. The molecule has 0 atom stereocenters. The molecule has 0 spiro atoms. The highest BCUT2D eigenvalue weighted by molar-refractivity contribution is 6.39. The maximum atomic E-state index is 12.5. The number of hydrogen-bond acceptors (Lipinski definition) is 7. The van der Waals surface area contributed by atoms with E-state index in [1.165, 1.54) is 26.5 Å². The smallest absolute Gasteiger partial charge is 0.343 e. The molecule has 35 heavy (non-hydrogen) atoms. The van der Waals surface area contributed by atoms with Crippen molar-refractivity contribution >= 4 is 29.7 Å². The van der Waals surface area contributed by atoms with Gasteiger partial charge < -0.3 is 19.5 Å². The van der Waals surface area contributed by atoms with Gasteiger partial charge in [0.05, 0.1) is 26.0 Å². The summed E-state index contributed by atoms with van der Waals surface area (Å²) in [6.07, 6.45) is 2.05. The first-order valence-corrected chi connectivity index (χ1v) is 10.7. The number of ether oxygens (including phenoxy) is 3. The molecule has 0 radical (unpaired) electrons. The number of aryl methyl sites for hydroxylation is 1. The van der Waals surface area contributed by atoms with Crippen molar-refractivity contribution in [3.63, 3.8) is 0 Å². The fourth-order valence-electron chi connectivity index (χ4n) is 3.10. The summed E-state index contributed by atoms with van der Waals surface area (Å²) in [6, 6.07) is 18.5. The number of carbonyl (C=O) groups excluding carboxylic acids is 3. The largest absolute Gasteiger partial charge is 0.497 e. The molecule has 9 nitrogen and oxygen atoms in total. The summed E-state index contributed by atoms with van der Waals surface area (Å²) < 4.78 is 15.9. The third-order valence-electron chi connectivity index (χ3n) is 4.93. The Morgan fingerprint density at radius 2 is 1.69 bits per heavy atom. The predicted octanol–water partition coefficient (Wildman–Crippen LogP) is 3.57. The van der Waals surface area contributed by atoms with Gasteiger partial charge in [-0.25, -0.2) is 10.2 Å². The van der Waals surface area contributed by atoms with Crippen LogP contribution in [0.2, 0.25) is 0 Å². The average molecular weight is 476 g/mol. The molecule has 0 heterocycles. The Kier molecular flexibility index (Phi) is 8.55. The number of methoxy groups -OCH3 is 2. The van der Waals surface area contributed by atoms with Gasteiger partial charge in [0.2, 0.25) is 0 Å². The van der Waals surface area contributed by atoms with Crippen LogP contribution in [-0.2, 0) is 16.0 Å². The van der Waals surface area contributed by atoms with Crippen LogP contribution in [0.15, 0.2) is 71.8 Å². The van der Waals surface area contributed by atoms with Crippen LogP contribution < -0.4 is 25.0 Å². The van der Waals surface area contributed by atoms with Crippen LogP contribution in [0.1, 0.15) is 28.4 Å². The lowest BCUT2D eigenvalue weighted by Gasteiger charge is -2.10. The van der Waals surface area contributed by atoms with E-state index in [2.05, 4.69) is 15.8 Å². The molecular weight excluding hydrogens is 450 g/mol. The third kappa shape index (κ3) is 6.67. The van der Waals surface area contributed by atoms with Crippen molar-refractivity contribution in [1.82, 2.24) is 5.43 Å². The SMILES string of the molecule is CCc1ccccc1NC(=O)C(=O)NN=Cc1ccc(OC(=O)c2cccc(OC)c2)c(OC)c1. The van der Waals surface area contributed by atoms with E-state index in [1.807, 2.05) is 19.1 Å². The lowest BCUT2D eigenvalue weighted by Crippen LogP contribution is -2.32. The van der Waals surface area contributed by atoms with Gasteiger partial charge in [-0.1, -0.05) is 31.2 Å². The fourth-order valence-corrected chi connectivity index (χ4v) is 3.10.